The van der Waals surface area contributed by atoms with Crippen molar-refractivity contribution in [3.05, 3.63) is 23.9 Å². The summed E-state index contributed by atoms with van der Waals surface area (Å²) in [4.78, 5) is 14.2. The van der Waals surface area contributed by atoms with E-state index < -0.39 is 0 Å². The standard InChI is InChI=1S/C19H35N3O2/c1-4-9-17(11-13-21-18(23)10-7-8-12-20)22-14-15-24-19(5-2,6-3)16-22/h4,9,11H,5-8,10,12-16,20H2,1-3H3,(H,21,23)/b9-4-,17-11+. The molecule has 0 aromatic heterocycles. The van der Waals surface area contributed by atoms with Gasteiger partial charge in [-0.3, -0.25) is 4.79 Å². The van der Waals surface area contributed by atoms with Gasteiger partial charge in [-0.05, 0) is 51.3 Å². The predicted octanol–water partition coefficient (Wildman–Crippen LogP) is 2.58. The van der Waals surface area contributed by atoms with E-state index >= 15 is 0 Å². The molecule has 24 heavy (non-hydrogen) atoms. The third-order valence-corrected chi connectivity index (χ3v) is 4.71. The highest BCUT2D eigenvalue weighted by atomic mass is 16.5. The van der Waals surface area contributed by atoms with Gasteiger partial charge in [0.15, 0.2) is 0 Å². The summed E-state index contributed by atoms with van der Waals surface area (Å²) in [6.45, 7) is 10.1. The van der Waals surface area contributed by atoms with E-state index in [0.717, 1.165) is 51.1 Å². The lowest BCUT2D eigenvalue weighted by Crippen LogP contribution is -2.50. The van der Waals surface area contributed by atoms with Crippen molar-refractivity contribution in [2.24, 2.45) is 5.73 Å². The summed E-state index contributed by atoms with van der Waals surface area (Å²) in [5, 5.41) is 2.97. The molecule has 138 valence electrons. The number of rotatable bonds is 10. The number of nitrogens with two attached hydrogens (primary N) is 1. The van der Waals surface area contributed by atoms with Crippen molar-refractivity contribution in [3.8, 4) is 0 Å². The number of morpholine rings is 1. The van der Waals surface area contributed by atoms with Gasteiger partial charge < -0.3 is 20.7 Å². The lowest BCUT2D eigenvalue weighted by molar-refractivity contribution is -0.121. The fourth-order valence-corrected chi connectivity index (χ4v) is 3.00. The van der Waals surface area contributed by atoms with E-state index in [1.807, 2.05) is 13.0 Å². The maximum absolute atomic E-state index is 11.8. The third kappa shape index (κ3) is 6.65. The first-order valence-electron chi connectivity index (χ1n) is 9.29. The Labute approximate surface area is 147 Å². The van der Waals surface area contributed by atoms with Crippen LogP contribution in [-0.2, 0) is 9.53 Å². The maximum Gasteiger partial charge on any atom is 0.220 e. The molecule has 1 saturated heterocycles. The van der Waals surface area contributed by atoms with Crippen LogP contribution in [0.25, 0.3) is 0 Å². The van der Waals surface area contributed by atoms with Crippen LogP contribution in [0.15, 0.2) is 23.9 Å². The number of allylic oxidation sites excluding steroid dienone is 2. The molecule has 3 N–H and O–H groups in total. The summed E-state index contributed by atoms with van der Waals surface area (Å²) >= 11 is 0. The molecule has 1 aliphatic heterocycles. The van der Waals surface area contributed by atoms with Crippen molar-refractivity contribution in [3.63, 3.8) is 0 Å². The van der Waals surface area contributed by atoms with Gasteiger partial charge in [0.2, 0.25) is 5.91 Å². The molecule has 1 rings (SSSR count). The molecule has 1 fully saturated rings. The normalized spacial score (nSPS) is 18.2. The van der Waals surface area contributed by atoms with E-state index in [2.05, 4.69) is 36.2 Å². The Morgan fingerprint density at radius 2 is 2.08 bits per heavy atom. The number of carbonyl (C=O) groups excluding carboxylic acids is 1. The lowest BCUT2D eigenvalue weighted by atomic mass is 9.94. The SMILES string of the molecule is C/C=C\C(=C/CNC(=O)CCCCN)N1CCOC(CC)(CC)C1. The molecule has 1 aliphatic rings. The Bertz CT molecular complexity index is 428. The summed E-state index contributed by atoms with van der Waals surface area (Å²) in [6, 6.07) is 0. The number of nitrogens with one attached hydrogen (secondary N) is 1. The van der Waals surface area contributed by atoms with Crippen LogP contribution >= 0.6 is 0 Å². The maximum atomic E-state index is 11.8. The van der Waals surface area contributed by atoms with Gasteiger partial charge in [0.25, 0.3) is 0 Å². The Balaban J connectivity index is 2.60. The van der Waals surface area contributed by atoms with Gasteiger partial charge in [-0.2, -0.15) is 0 Å². The predicted molar refractivity (Wildman–Crippen MR) is 99.7 cm³/mol. The van der Waals surface area contributed by atoms with Gasteiger partial charge >= 0.3 is 0 Å². The molecular weight excluding hydrogens is 302 g/mol. The monoisotopic (exact) mass is 337 g/mol. The molecule has 0 saturated carbocycles. The zero-order chi connectivity index (χ0) is 17.8. The second kappa shape index (κ2) is 11.3. The van der Waals surface area contributed by atoms with Crippen LogP contribution in [0.4, 0.5) is 0 Å². The smallest absolute Gasteiger partial charge is 0.220 e. The Morgan fingerprint density at radius 3 is 2.71 bits per heavy atom. The molecule has 0 aliphatic carbocycles. The Hall–Kier alpha value is -1.33. The fraction of sp³-hybridized carbons (Fsp3) is 0.737. The van der Waals surface area contributed by atoms with Crippen LogP contribution in [0.5, 0.6) is 0 Å². The van der Waals surface area contributed by atoms with Gasteiger partial charge in [0.1, 0.15) is 0 Å². The van der Waals surface area contributed by atoms with Crippen molar-refractivity contribution in [1.82, 2.24) is 10.2 Å². The lowest BCUT2D eigenvalue weighted by Gasteiger charge is -2.43. The number of hydrogen-bond donors (Lipinski definition) is 2. The van der Waals surface area contributed by atoms with Crippen LogP contribution in [0.3, 0.4) is 0 Å². The first kappa shape index (κ1) is 20.7. The van der Waals surface area contributed by atoms with E-state index in [4.69, 9.17) is 10.5 Å². The van der Waals surface area contributed by atoms with Crippen molar-refractivity contribution >= 4 is 5.91 Å². The Morgan fingerprint density at radius 1 is 1.33 bits per heavy atom. The van der Waals surface area contributed by atoms with Gasteiger partial charge in [0.05, 0.1) is 12.2 Å². The summed E-state index contributed by atoms with van der Waals surface area (Å²) in [6.07, 6.45) is 10.6. The first-order valence-corrected chi connectivity index (χ1v) is 9.29. The zero-order valence-corrected chi connectivity index (χ0v) is 15.6. The molecule has 0 spiro atoms. The van der Waals surface area contributed by atoms with E-state index in [9.17, 15) is 4.79 Å². The van der Waals surface area contributed by atoms with Crippen molar-refractivity contribution < 1.29 is 9.53 Å². The first-order chi connectivity index (χ1) is 11.6. The minimum absolute atomic E-state index is 0.0512. The van der Waals surface area contributed by atoms with Gasteiger partial charge in [-0.1, -0.05) is 19.9 Å². The summed E-state index contributed by atoms with van der Waals surface area (Å²) in [5.41, 5.74) is 6.56. The second-order valence-corrected chi connectivity index (χ2v) is 6.34. The van der Waals surface area contributed by atoms with Crippen LogP contribution in [0, 0.1) is 0 Å². The number of amides is 1. The average molecular weight is 338 g/mol. The largest absolute Gasteiger partial charge is 0.371 e. The van der Waals surface area contributed by atoms with Crippen LogP contribution in [0.2, 0.25) is 0 Å². The van der Waals surface area contributed by atoms with E-state index in [1.54, 1.807) is 0 Å². The summed E-state index contributed by atoms with van der Waals surface area (Å²) in [7, 11) is 0. The highest BCUT2D eigenvalue weighted by Crippen LogP contribution is 2.27. The molecule has 5 nitrogen and oxygen atoms in total. The zero-order valence-electron chi connectivity index (χ0n) is 15.6. The van der Waals surface area contributed by atoms with E-state index in [0.29, 0.717) is 19.5 Å². The molecule has 0 atom stereocenters. The number of ether oxygens (including phenoxy) is 1. The molecule has 0 aromatic rings. The molecule has 0 bridgehead atoms. The molecule has 0 radical (unpaired) electrons. The minimum atomic E-state index is -0.0512. The van der Waals surface area contributed by atoms with E-state index in [1.165, 1.54) is 0 Å². The van der Waals surface area contributed by atoms with Gasteiger partial charge in [-0.25, -0.2) is 0 Å². The third-order valence-electron chi connectivity index (χ3n) is 4.71. The van der Waals surface area contributed by atoms with Gasteiger partial charge in [0, 0.05) is 31.8 Å². The molecular formula is C19H35N3O2. The highest BCUT2D eigenvalue weighted by molar-refractivity contribution is 5.75. The van der Waals surface area contributed by atoms with Crippen molar-refractivity contribution in [2.45, 2.75) is 58.5 Å². The quantitative estimate of drug-likeness (QED) is 0.475. The number of nitrogens with zero attached hydrogens (tertiary/aromatic N) is 1. The summed E-state index contributed by atoms with van der Waals surface area (Å²) < 4.78 is 6.05. The highest BCUT2D eigenvalue weighted by Gasteiger charge is 2.33. The van der Waals surface area contributed by atoms with Gasteiger partial charge in [-0.15, -0.1) is 0 Å². The van der Waals surface area contributed by atoms with Crippen molar-refractivity contribution in [1.29, 1.82) is 0 Å². The topological polar surface area (TPSA) is 67.6 Å². The number of hydrogen-bond acceptors (Lipinski definition) is 4. The van der Waals surface area contributed by atoms with Crippen molar-refractivity contribution in [2.75, 3.05) is 32.8 Å². The van der Waals surface area contributed by atoms with Crippen LogP contribution in [-0.4, -0.2) is 49.2 Å². The number of carbonyl (C=O) groups is 1. The Kier molecular flexibility index (Phi) is 9.72. The molecule has 1 amide bonds. The average Bonchev–Trinajstić information content (AvgIpc) is 2.61. The minimum Gasteiger partial charge on any atom is -0.371 e. The van der Waals surface area contributed by atoms with Crippen LogP contribution < -0.4 is 11.1 Å². The summed E-state index contributed by atoms with van der Waals surface area (Å²) in [5.74, 6) is 0.0953. The number of unbranched alkanes of at least 4 members (excludes halogenated alkanes) is 1. The molecule has 0 unspecified atom stereocenters. The van der Waals surface area contributed by atoms with Crippen LogP contribution in [0.1, 0.15) is 52.9 Å². The fourth-order valence-electron chi connectivity index (χ4n) is 3.00. The van der Waals surface area contributed by atoms with E-state index in [-0.39, 0.29) is 11.5 Å². The molecule has 5 heteroatoms. The molecule has 1 heterocycles. The second-order valence-electron chi connectivity index (χ2n) is 6.34. The molecule has 0 aromatic carbocycles.